The van der Waals surface area contributed by atoms with Gasteiger partial charge in [0, 0.05) is 23.7 Å². The van der Waals surface area contributed by atoms with Gasteiger partial charge in [-0.1, -0.05) is 0 Å². The number of aromatic nitrogens is 1. The van der Waals surface area contributed by atoms with Crippen LogP contribution in [0.1, 0.15) is 12.8 Å². The molecule has 1 fully saturated rings. The summed E-state index contributed by atoms with van der Waals surface area (Å²) in [5.41, 5.74) is 2.36. The number of amides is 2. The molecule has 0 aliphatic carbocycles. The summed E-state index contributed by atoms with van der Waals surface area (Å²) in [4.78, 5) is 27.7. The lowest BCUT2D eigenvalue weighted by atomic mass is 10.2. The second kappa shape index (κ2) is 6.01. The van der Waals surface area contributed by atoms with Crippen molar-refractivity contribution in [1.82, 2.24) is 10.3 Å². The third kappa shape index (κ3) is 3.08. The SMILES string of the molecule is O=C1CC[C@@H](C(=O)Nc2ccc3nc(-c4ccc(F)cc4)oc3c2)N1. The quantitative estimate of drug-likeness (QED) is 0.768. The molecule has 1 saturated heterocycles. The second-order valence-electron chi connectivity index (χ2n) is 5.86. The summed E-state index contributed by atoms with van der Waals surface area (Å²) in [6.07, 6.45) is 0.851. The average Bonchev–Trinajstić information content (AvgIpc) is 3.21. The van der Waals surface area contributed by atoms with E-state index in [1.165, 1.54) is 12.1 Å². The lowest BCUT2D eigenvalue weighted by molar-refractivity contribution is -0.122. The maximum atomic E-state index is 13.0. The zero-order valence-electron chi connectivity index (χ0n) is 13.1. The molecule has 1 atom stereocenters. The van der Waals surface area contributed by atoms with Crippen molar-refractivity contribution in [1.29, 1.82) is 0 Å². The summed E-state index contributed by atoms with van der Waals surface area (Å²) in [5.74, 6) is -0.330. The first-order valence-corrected chi connectivity index (χ1v) is 7.85. The third-order valence-electron chi connectivity index (χ3n) is 4.06. The number of nitrogens with one attached hydrogen (secondary N) is 2. The molecule has 0 radical (unpaired) electrons. The largest absolute Gasteiger partial charge is 0.436 e. The molecule has 0 spiro atoms. The summed E-state index contributed by atoms with van der Waals surface area (Å²) in [6.45, 7) is 0. The number of nitrogens with zero attached hydrogens (tertiary/aromatic N) is 1. The van der Waals surface area contributed by atoms with Gasteiger partial charge in [0.25, 0.3) is 0 Å². The highest BCUT2D eigenvalue weighted by Gasteiger charge is 2.27. The number of anilines is 1. The van der Waals surface area contributed by atoms with Crippen molar-refractivity contribution < 1.29 is 18.4 Å². The maximum Gasteiger partial charge on any atom is 0.246 e. The topological polar surface area (TPSA) is 84.2 Å². The van der Waals surface area contributed by atoms with Crippen LogP contribution in [-0.2, 0) is 9.59 Å². The molecule has 2 heterocycles. The molecule has 0 unspecified atom stereocenters. The average molecular weight is 339 g/mol. The third-order valence-corrected chi connectivity index (χ3v) is 4.06. The second-order valence-corrected chi connectivity index (χ2v) is 5.86. The van der Waals surface area contributed by atoms with Crippen molar-refractivity contribution in [3.8, 4) is 11.5 Å². The van der Waals surface area contributed by atoms with E-state index in [1.807, 2.05) is 0 Å². The highest BCUT2D eigenvalue weighted by Crippen LogP contribution is 2.26. The van der Waals surface area contributed by atoms with Crippen LogP contribution in [0.25, 0.3) is 22.6 Å². The van der Waals surface area contributed by atoms with Crippen molar-refractivity contribution in [2.75, 3.05) is 5.32 Å². The van der Waals surface area contributed by atoms with Gasteiger partial charge >= 0.3 is 0 Å². The predicted molar refractivity (Wildman–Crippen MR) is 89.2 cm³/mol. The molecule has 0 saturated carbocycles. The molecule has 1 aromatic heterocycles. The lowest BCUT2D eigenvalue weighted by Gasteiger charge is -2.10. The number of fused-ring (bicyclic) bond motifs is 1. The van der Waals surface area contributed by atoms with Gasteiger partial charge in [0.1, 0.15) is 17.4 Å². The van der Waals surface area contributed by atoms with E-state index in [-0.39, 0.29) is 17.6 Å². The van der Waals surface area contributed by atoms with Crippen molar-refractivity contribution in [2.45, 2.75) is 18.9 Å². The first kappa shape index (κ1) is 15.3. The molecule has 2 amide bonds. The van der Waals surface area contributed by atoms with E-state index in [0.717, 1.165) is 0 Å². The first-order chi connectivity index (χ1) is 12.1. The van der Waals surface area contributed by atoms with Gasteiger partial charge in [-0.15, -0.1) is 0 Å². The molecule has 126 valence electrons. The monoisotopic (exact) mass is 339 g/mol. The van der Waals surface area contributed by atoms with E-state index >= 15 is 0 Å². The van der Waals surface area contributed by atoms with Crippen LogP contribution in [0.4, 0.5) is 10.1 Å². The molecule has 4 rings (SSSR count). The van der Waals surface area contributed by atoms with E-state index < -0.39 is 6.04 Å². The summed E-state index contributed by atoms with van der Waals surface area (Å²) in [7, 11) is 0. The van der Waals surface area contributed by atoms with Gasteiger partial charge in [-0.25, -0.2) is 9.37 Å². The number of carbonyl (C=O) groups excluding carboxylic acids is 2. The van der Waals surface area contributed by atoms with Crippen molar-refractivity contribution >= 4 is 28.6 Å². The molecular weight excluding hydrogens is 325 g/mol. The van der Waals surface area contributed by atoms with Crippen LogP contribution in [0.15, 0.2) is 46.9 Å². The Labute approximate surface area is 142 Å². The number of halogens is 1. The minimum Gasteiger partial charge on any atom is -0.436 e. The van der Waals surface area contributed by atoms with Crippen LogP contribution in [0.3, 0.4) is 0 Å². The van der Waals surface area contributed by atoms with Crippen molar-refractivity contribution in [3.63, 3.8) is 0 Å². The van der Waals surface area contributed by atoms with E-state index in [1.54, 1.807) is 30.3 Å². The highest BCUT2D eigenvalue weighted by molar-refractivity contribution is 5.99. The summed E-state index contributed by atoms with van der Waals surface area (Å²) in [6, 6.07) is 10.5. The van der Waals surface area contributed by atoms with Gasteiger partial charge in [0.15, 0.2) is 5.58 Å². The molecule has 2 aromatic carbocycles. The Kier molecular flexibility index (Phi) is 3.68. The molecule has 1 aliphatic heterocycles. The maximum absolute atomic E-state index is 13.0. The van der Waals surface area contributed by atoms with Crippen LogP contribution < -0.4 is 10.6 Å². The minimum atomic E-state index is -0.507. The fourth-order valence-electron chi connectivity index (χ4n) is 2.76. The fourth-order valence-corrected chi connectivity index (χ4v) is 2.76. The summed E-state index contributed by atoms with van der Waals surface area (Å²) < 4.78 is 18.7. The van der Waals surface area contributed by atoms with Gasteiger partial charge in [0.05, 0.1) is 0 Å². The lowest BCUT2D eigenvalue weighted by Crippen LogP contribution is -2.37. The standard InChI is InChI=1S/C18H14FN3O3/c19-11-3-1-10(2-4-11)18-22-13-6-5-12(9-15(13)25-18)20-17(24)14-7-8-16(23)21-14/h1-6,9,14H,7-8H2,(H,20,24)(H,21,23)/t14-/m0/s1. The van der Waals surface area contributed by atoms with Gasteiger partial charge in [-0.05, 0) is 42.8 Å². The Morgan fingerprint density at radius 3 is 2.76 bits per heavy atom. The molecule has 6 nitrogen and oxygen atoms in total. The van der Waals surface area contributed by atoms with E-state index in [2.05, 4.69) is 15.6 Å². The van der Waals surface area contributed by atoms with Crippen LogP contribution >= 0.6 is 0 Å². The highest BCUT2D eigenvalue weighted by atomic mass is 19.1. The molecule has 0 bridgehead atoms. The van der Waals surface area contributed by atoms with Gasteiger partial charge in [0.2, 0.25) is 17.7 Å². The van der Waals surface area contributed by atoms with Crippen LogP contribution in [0.5, 0.6) is 0 Å². The van der Waals surface area contributed by atoms with E-state index in [0.29, 0.717) is 41.1 Å². The minimum absolute atomic E-state index is 0.116. The van der Waals surface area contributed by atoms with Crippen LogP contribution in [0.2, 0.25) is 0 Å². The Morgan fingerprint density at radius 2 is 2.04 bits per heavy atom. The van der Waals surface area contributed by atoms with Gasteiger partial charge < -0.3 is 15.1 Å². The smallest absolute Gasteiger partial charge is 0.246 e. The van der Waals surface area contributed by atoms with E-state index in [4.69, 9.17) is 4.42 Å². The molecule has 2 N–H and O–H groups in total. The number of benzene rings is 2. The number of oxazole rings is 1. The normalized spacial score (nSPS) is 16.8. The molecule has 3 aromatic rings. The Morgan fingerprint density at radius 1 is 1.24 bits per heavy atom. The van der Waals surface area contributed by atoms with Crippen LogP contribution in [0, 0.1) is 5.82 Å². The molecule has 1 aliphatic rings. The number of carbonyl (C=O) groups is 2. The Bertz CT molecular complexity index is 965. The molecular formula is C18H14FN3O3. The Balaban J connectivity index is 1.57. The van der Waals surface area contributed by atoms with Crippen molar-refractivity contribution in [3.05, 3.63) is 48.3 Å². The van der Waals surface area contributed by atoms with Crippen LogP contribution in [-0.4, -0.2) is 22.8 Å². The molecule has 25 heavy (non-hydrogen) atoms. The first-order valence-electron chi connectivity index (χ1n) is 7.85. The van der Waals surface area contributed by atoms with E-state index in [9.17, 15) is 14.0 Å². The number of rotatable bonds is 3. The fraction of sp³-hybridized carbons (Fsp3) is 0.167. The number of hydrogen-bond donors (Lipinski definition) is 2. The van der Waals surface area contributed by atoms with Gasteiger partial charge in [-0.2, -0.15) is 0 Å². The van der Waals surface area contributed by atoms with Crippen molar-refractivity contribution in [2.24, 2.45) is 0 Å². The zero-order valence-corrected chi connectivity index (χ0v) is 13.1. The molecule has 7 heteroatoms. The summed E-state index contributed by atoms with van der Waals surface area (Å²) >= 11 is 0. The predicted octanol–water partition coefficient (Wildman–Crippen LogP) is 2.85. The summed E-state index contributed by atoms with van der Waals surface area (Å²) in [5, 5.41) is 5.39. The van der Waals surface area contributed by atoms with Gasteiger partial charge in [-0.3, -0.25) is 9.59 Å². The zero-order chi connectivity index (χ0) is 17.4. The number of hydrogen-bond acceptors (Lipinski definition) is 4. The Hall–Kier alpha value is -3.22.